The lowest BCUT2D eigenvalue weighted by molar-refractivity contribution is -0.139. The quantitative estimate of drug-likeness (QED) is 0.853. The highest BCUT2D eigenvalue weighted by atomic mass is 16.5. The fourth-order valence-corrected chi connectivity index (χ4v) is 2.28. The lowest BCUT2D eigenvalue weighted by atomic mass is 9.83. The summed E-state index contributed by atoms with van der Waals surface area (Å²) in [6.45, 7) is 5.18. The Labute approximate surface area is 141 Å². The fraction of sp³-hybridized carbons (Fsp3) is 0.263. The SMILES string of the molecule is Cc1cc(OCC(=O)O)ccc1NC(=O)C(C)(C)c1ccccc1. The Morgan fingerprint density at radius 3 is 2.38 bits per heavy atom. The van der Waals surface area contributed by atoms with Crippen LogP contribution in [0.15, 0.2) is 48.5 Å². The average Bonchev–Trinajstić information content (AvgIpc) is 2.55. The minimum Gasteiger partial charge on any atom is -0.482 e. The monoisotopic (exact) mass is 327 g/mol. The summed E-state index contributed by atoms with van der Waals surface area (Å²) in [6, 6.07) is 14.6. The second-order valence-electron chi connectivity index (χ2n) is 6.10. The maximum absolute atomic E-state index is 12.7. The summed E-state index contributed by atoms with van der Waals surface area (Å²) in [7, 11) is 0. The molecule has 126 valence electrons. The summed E-state index contributed by atoms with van der Waals surface area (Å²) in [5, 5.41) is 11.6. The third-order valence-electron chi connectivity index (χ3n) is 3.87. The van der Waals surface area contributed by atoms with Gasteiger partial charge in [-0.3, -0.25) is 4.79 Å². The van der Waals surface area contributed by atoms with Crippen molar-refractivity contribution in [3.05, 3.63) is 59.7 Å². The van der Waals surface area contributed by atoms with E-state index in [4.69, 9.17) is 9.84 Å². The van der Waals surface area contributed by atoms with Crippen LogP contribution in [0.1, 0.15) is 25.0 Å². The Bertz CT molecular complexity index is 738. The molecule has 0 saturated heterocycles. The first-order chi connectivity index (χ1) is 11.3. The number of carbonyl (C=O) groups is 2. The van der Waals surface area contributed by atoms with Crippen LogP contribution in [-0.2, 0) is 15.0 Å². The van der Waals surface area contributed by atoms with Crippen molar-refractivity contribution in [3.63, 3.8) is 0 Å². The Balaban J connectivity index is 2.13. The van der Waals surface area contributed by atoms with E-state index in [0.717, 1.165) is 11.1 Å². The predicted molar refractivity (Wildman–Crippen MR) is 92.4 cm³/mol. The van der Waals surface area contributed by atoms with Gasteiger partial charge in [0.25, 0.3) is 0 Å². The Hall–Kier alpha value is -2.82. The Morgan fingerprint density at radius 1 is 1.12 bits per heavy atom. The van der Waals surface area contributed by atoms with Gasteiger partial charge in [0.2, 0.25) is 5.91 Å². The van der Waals surface area contributed by atoms with E-state index in [-0.39, 0.29) is 5.91 Å². The van der Waals surface area contributed by atoms with Crippen molar-refractivity contribution < 1.29 is 19.4 Å². The number of carboxylic acid groups (broad SMARTS) is 1. The van der Waals surface area contributed by atoms with Crippen LogP contribution in [0.2, 0.25) is 0 Å². The van der Waals surface area contributed by atoms with Crippen molar-refractivity contribution >= 4 is 17.6 Å². The van der Waals surface area contributed by atoms with Gasteiger partial charge in [-0.2, -0.15) is 0 Å². The first-order valence-electron chi connectivity index (χ1n) is 7.63. The van der Waals surface area contributed by atoms with Gasteiger partial charge in [-0.25, -0.2) is 4.79 Å². The van der Waals surface area contributed by atoms with Crippen molar-refractivity contribution in [1.29, 1.82) is 0 Å². The molecular weight excluding hydrogens is 306 g/mol. The Kier molecular flexibility index (Phi) is 5.24. The van der Waals surface area contributed by atoms with Gasteiger partial charge in [0, 0.05) is 5.69 Å². The van der Waals surface area contributed by atoms with Gasteiger partial charge in [-0.15, -0.1) is 0 Å². The number of benzene rings is 2. The molecule has 0 heterocycles. The third-order valence-corrected chi connectivity index (χ3v) is 3.87. The highest BCUT2D eigenvalue weighted by Crippen LogP contribution is 2.27. The molecule has 0 fully saturated rings. The summed E-state index contributed by atoms with van der Waals surface area (Å²) < 4.78 is 5.13. The second-order valence-corrected chi connectivity index (χ2v) is 6.10. The van der Waals surface area contributed by atoms with E-state index in [0.29, 0.717) is 11.4 Å². The molecule has 0 aromatic heterocycles. The van der Waals surface area contributed by atoms with Gasteiger partial charge in [0.1, 0.15) is 5.75 Å². The molecule has 2 aromatic carbocycles. The minimum absolute atomic E-state index is 0.115. The van der Waals surface area contributed by atoms with E-state index in [1.165, 1.54) is 0 Å². The molecule has 0 aliphatic carbocycles. The maximum atomic E-state index is 12.7. The molecule has 0 aliphatic rings. The van der Waals surface area contributed by atoms with E-state index in [1.807, 2.05) is 51.1 Å². The number of nitrogens with one attached hydrogen (secondary N) is 1. The number of hydrogen-bond donors (Lipinski definition) is 2. The van der Waals surface area contributed by atoms with E-state index in [9.17, 15) is 9.59 Å². The lowest BCUT2D eigenvalue weighted by Crippen LogP contribution is -2.34. The fourth-order valence-electron chi connectivity index (χ4n) is 2.28. The van der Waals surface area contributed by atoms with Crippen LogP contribution >= 0.6 is 0 Å². The standard InChI is InChI=1S/C19H21NO4/c1-13-11-15(24-12-17(21)22)9-10-16(13)20-18(23)19(2,3)14-7-5-4-6-8-14/h4-11H,12H2,1-3H3,(H,20,23)(H,21,22). The molecule has 0 unspecified atom stereocenters. The molecule has 1 amide bonds. The Morgan fingerprint density at radius 2 is 1.79 bits per heavy atom. The van der Waals surface area contributed by atoms with E-state index < -0.39 is 18.0 Å². The highest BCUT2D eigenvalue weighted by Gasteiger charge is 2.29. The van der Waals surface area contributed by atoms with Gasteiger partial charge in [-0.05, 0) is 50.1 Å². The van der Waals surface area contributed by atoms with Crippen LogP contribution in [0.5, 0.6) is 5.75 Å². The number of aryl methyl sites for hydroxylation is 1. The first kappa shape index (κ1) is 17.5. The van der Waals surface area contributed by atoms with Crippen molar-refractivity contribution in [1.82, 2.24) is 0 Å². The number of carbonyl (C=O) groups excluding carboxylic acids is 1. The molecule has 0 atom stereocenters. The van der Waals surface area contributed by atoms with Crippen LogP contribution in [-0.4, -0.2) is 23.6 Å². The molecular formula is C19H21NO4. The lowest BCUT2D eigenvalue weighted by Gasteiger charge is -2.24. The van der Waals surface area contributed by atoms with Crippen LogP contribution in [0, 0.1) is 6.92 Å². The number of amides is 1. The van der Waals surface area contributed by atoms with Crippen LogP contribution in [0.4, 0.5) is 5.69 Å². The first-order valence-corrected chi connectivity index (χ1v) is 7.63. The molecule has 0 saturated carbocycles. The van der Waals surface area contributed by atoms with Crippen molar-refractivity contribution in [2.24, 2.45) is 0 Å². The predicted octanol–water partition coefficient (Wildman–Crippen LogP) is 3.37. The molecule has 5 nitrogen and oxygen atoms in total. The van der Waals surface area contributed by atoms with Crippen LogP contribution < -0.4 is 10.1 Å². The zero-order valence-corrected chi connectivity index (χ0v) is 14.0. The summed E-state index contributed by atoms with van der Waals surface area (Å²) in [5.74, 6) is -0.694. The summed E-state index contributed by atoms with van der Waals surface area (Å²) in [6.07, 6.45) is 0. The van der Waals surface area contributed by atoms with Crippen LogP contribution in [0.3, 0.4) is 0 Å². The van der Waals surface area contributed by atoms with Crippen molar-refractivity contribution in [3.8, 4) is 5.75 Å². The number of rotatable bonds is 6. The van der Waals surface area contributed by atoms with Gasteiger partial charge >= 0.3 is 5.97 Å². The summed E-state index contributed by atoms with van der Waals surface area (Å²) in [4.78, 5) is 23.2. The molecule has 2 N–H and O–H groups in total. The number of hydrogen-bond acceptors (Lipinski definition) is 3. The number of aliphatic carboxylic acids is 1. The maximum Gasteiger partial charge on any atom is 0.341 e. The molecule has 0 radical (unpaired) electrons. The summed E-state index contributed by atoms with van der Waals surface area (Å²) in [5.41, 5.74) is 1.73. The zero-order valence-electron chi connectivity index (χ0n) is 14.0. The van der Waals surface area contributed by atoms with Gasteiger partial charge in [0.15, 0.2) is 6.61 Å². The minimum atomic E-state index is -1.03. The van der Waals surface area contributed by atoms with Gasteiger partial charge in [-0.1, -0.05) is 30.3 Å². The van der Waals surface area contributed by atoms with Crippen molar-refractivity contribution in [2.75, 3.05) is 11.9 Å². The molecule has 0 aliphatic heterocycles. The second kappa shape index (κ2) is 7.17. The van der Waals surface area contributed by atoms with Gasteiger partial charge < -0.3 is 15.2 Å². The van der Waals surface area contributed by atoms with Crippen LogP contribution in [0.25, 0.3) is 0 Å². The smallest absolute Gasteiger partial charge is 0.341 e. The zero-order chi connectivity index (χ0) is 17.7. The number of ether oxygens (including phenoxy) is 1. The number of anilines is 1. The molecule has 2 aromatic rings. The average molecular weight is 327 g/mol. The molecule has 0 bridgehead atoms. The largest absolute Gasteiger partial charge is 0.482 e. The molecule has 5 heteroatoms. The molecule has 0 spiro atoms. The van der Waals surface area contributed by atoms with Crippen molar-refractivity contribution in [2.45, 2.75) is 26.2 Å². The normalized spacial score (nSPS) is 11.0. The van der Waals surface area contributed by atoms with E-state index >= 15 is 0 Å². The van der Waals surface area contributed by atoms with E-state index in [2.05, 4.69) is 5.32 Å². The molecule has 24 heavy (non-hydrogen) atoms. The topological polar surface area (TPSA) is 75.6 Å². The summed E-state index contributed by atoms with van der Waals surface area (Å²) >= 11 is 0. The highest BCUT2D eigenvalue weighted by molar-refractivity contribution is 5.99. The van der Waals surface area contributed by atoms with Gasteiger partial charge in [0.05, 0.1) is 5.41 Å². The third kappa shape index (κ3) is 4.13. The number of carboxylic acids is 1. The molecule has 2 rings (SSSR count). The van der Waals surface area contributed by atoms with E-state index in [1.54, 1.807) is 18.2 Å².